The lowest BCUT2D eigenvalue weighted by Crippen LogP contribution is -2.65. The van der Waals surface area contributed by atoms with Gasteiger partial charge in [-0.15, -0.1) is 0 Å². The number of benzene rings is 1. The lowest BCUT2D eigenvalue weighted by Gasteiger charge is -2.71. The van der Waals surface area contributed by atoms with Crippen LogP contribution in [0.1, 0.15) is 105 Å². The Morgan fingerprint density at radius 3 is 2.33 bits per heavy atom. The molecular formula is C39H54O6. The van der Waals surface area contributed by atoms with Crippen LogP contribution in [0.2, 0.25) is 0 Å². The number of carbonyl (C=O) groups excluding carboxylic acids is 1. The lowest BCUT2D eigenvalue weighted by molar-refractivity contribution is -0.207. The SMILES string of the molecule is C[C@H]1[C@@H](COC(=O)/C=C/c2ccc(O)cc2)CC[C@]2(C(=O)O)CC[C@@]3(C)C(=CC[C@H]4[C@@]5(C)CC[C@@H](O)C(C)(C)[C@@H]5CC[C@]43C)[C@@H]12. The number of aliphatic carboxylic acids is 1. The normalized spacial score (nSPS) is 43.7. The molecule has 4 fully saturated rings. The third-order valence-corrected chi connectivity index (χ3v) is 14.9. The predicted octanol–water partition coefficient (Wildman–Crippen LogP) is 8.03. The first-order valence-electron chi connectivity index (χ1n) is 17.4. The van der Waals surface area contributed by atoms with Gasteiger partial charge in [0, 0.05) is 6.08 Å². The van der Waals surface area contributed by atoms with Crippen molar-refractivity contribution in [2.75, 3.05) is 6.61 Å². The zero-order valence-corrected chi connectivity index (χ0v) is 28.1. The van der Waals surface area contributed by atoms with E-state index in [-0.39, 0.29) is 57.9 Å². The van der Waals surface area contributed by atoms with Crippen LogP contribution in [0, 0.1) is 56.7 Å². The molecule has 1 aromatic rings. The van der Waals surface area contributed by atoms with Crippen molar-refractivity contribution in [2.24, 2.45) is 56.7 Å². The molecule has 3 N–H and O–H groups in total. The molecular weight excluding hydrogens is 564 g/mol. The fourth-order valence-corrected chi connectivity index (χ4v) is 12.0. The number of aromatic hydroxyl groups is 1. The number of phenolic OH excluding ortho intramolecular Hbond substituents is 1. The van der Waals surface area contributed by atoms with E-state index >= 15 is 0 Å². The molecule has 0 saturated heterocycles. The summed E-state index contributed by atoms with van der Waals surface area (Å²) in [6.45, 7) is 14.5. The van der Waals surface area contributed by atoms with Crippen molar-refractivity contribution in [2.45, 2.75) is 105 Å². The number of ether oxygens (including phenoxy) is 1. The van der Waals surface area contributed by atoms with Crippen molar-refractivity contribution in [3.8, 4) is 5.75 Å². The van der Waals surface area contributed by atoms with Gasteiger partial charge in [-0.25, -0.2) is 4.79 Å². The number of carboxylic acid groups (broad SMARTS) is 1. The van der Waals surface area contributed by atoms with Crippen molar-refractivity contribution in [3.63, 3.8) is 0 Å². The van der Waals surface area contributed by atoms with Crippen molar-refractivity contribution in [1.29, 1.82) is 0 Å². The molecule has 6 rings (SSSR count). The van der Waals surface area contributed by atoms with Gasteiger partial charge in [-0.1, -0.05) is 65.3 Å². The van der Waals surface area contributed by atoms with Crippen LogP contribution in [-0.2, 0) is 14.3 Å². The fraction of sp³-hybridized carbons (Fsp3) is 0.692. The number of hydrogen-bond donors (Lipinski definition) is 3. The number of esters is 1. The monoisotopic (exact) mass is 618 g/mol. The number of allylic oxidation sites excluding steroid dienone is 2. The fourth-order valence-electron chi connectivity index (χ4n) is 12.0. The Hall–Kier alpha value is -2.60. The topological polar surface area (TPSA) is 104 Å². The largest absolute Gasteiger partial charge is 0.508 e. The molecule has 5 aliphatic carbocycles. The van der Waals surface area contributed by atoms with Crippen LogP contribution in [0.4, 0.5) is 0 Å². The predicted molar refractivity (Wildman–Crippen MR) is 175 cm³/mol. The van der Waals surface area contributed by atoms with Gasteiger partial charge < -0.3 is 20.1 Å². The van der Waals surface area contributed by atoms with Crippen LogP contribution in [-0.4, -0.2) is 40.0 Å². The van der Waals surface area contributed by atoms with Crippen molar-refractivity contribution in [3.05, 3.63) is 47.6 Å². The van der Waals surface area contributed by atoms with E-state index in [0.29, 0.717) is 24.7 Å². The minimum Gasteiger partial charge on any atom is -0.508 e. The average Bonchev–Trinajstić information content (AvgIpc) is 2.98. The zero-order chi connectivity index (χ0) is 32.6. The van der Waals surface area contributed by atoms with Crippen LogP contribution >= 0.6 is 0 Å². The second-order valence-electron chi connectivity index (χ2n) is 16.8. The summed E-state index contributed by atoms with van der Waals surface area (Å²) in [6.07, 6.45) is 13.4. The highest BCUT2D eigenvalue weighted by Crippen LogP contribution is 2.75. The van der Waals surface area contributed by atoms with E-state index in [2.05, 4.69) is 47.6 Å². The van der Waals surface area contributed by atoms with Gasteiger partial charge in [0.2, 0.25) is 0 Å². The molecule has 0 spiro atoms. The number of aliphatic hydroxyl groups is 1. The van der Waals surface area contributed by atoms with E-state index in [1.54, 1.807) is 30.3 Å². The minimum absolute atomic E-state index is 0.0590. The minimum atomic E-state index is -0.773. The molecule has 6 heteroatoms. The molecule has 0 amide bonds. The van der Waals surface area contributed by atoms with Crippen molar-refractivity contribution in [1.82, 2.24) is 0 Å². The molecule has 5 aliphatic rings. The molecule has 246 valence electrons. The first-order chi connectivity index (χ1) is 21.1. The lowest BCUT2D eigenvalue weighted by atomic mass is 9.33. The number of carbonyl (C=O) groups is 2. The summed E-state index contributed by atoms with van der Waals surface area (Å²) in [5.41, 5.74) is 1.40. The maximum absolute atomic E-state index is 13.2. The molecule has 4 saturated carbocycles. The maximum Gasteiger partial charge on any atom is 0.330 e. The highest BCUT2D eigenvalue weighted by molar-refractivity contribution is 5.87. The Labute approximate surface area is 269 Å². The molecule has 45 heavy (non-hydrogen) atoms. The molecule has 0 radical (unpaired) electrons. The van der Waals surface area contributed by atoms with Crippen LogP contribution in [0.15, 0.2) is 42.0 Å². The smallest absolute Gasteiger partial charge is 0.330 e. The highest BCUT2D eigenvalue weighted by Gasteiger charge is 2.69. The van der Waals surface area contributed by atoms with Crippen LogP contribution in [0.5, 0.6) is 5.75 Å². The van der Waals surface area contributed by atoms with Gasteiger partial charge >= 0.3 is 11.9 Å². The Bertz CT molecular complexity index is 1390. The summed E-state index contributed by atoms with van der Waals surface area (Å²) in [7, 11) is 0. The van der Waals surface area contributed by atoms with E-state index in [4.69, 9.17) is 4.74 Å². The van der Waals surface area contributed by atoms with Crippen LogP contribution in [0.3, 0.4) is 0 Å². The van der Waals surface area contributed by atoms with Gasteiger partial charge in [-0.05, 0) is 133 Å². The van der Waals surface area contributed by atoms with Crippen LogP contribution < -0.4 is 0 Å². The number of fused-ring (bicyclic) bond motifs is 7. The van der Waals surface area contributed by atoms with Crippen molar-refractivity contribution < 1.29 is 29.6 Å². The summed E-state index contributed by atoms with van der Waals surface area (Å²) >= 11 is 0. The Kier molecular flexibility index (Phi) is 7.90. The third-order valence-electron chi connectivity index (χ3n) is 14.9. The van der Waals surface area contributed by atoms with Gasteiger partial charge in [-0.2, -0.15) is 0 Å². The van der Waals surface area contributed by atoms with E-state index in [9.17, 15) is 24.9 Å². The first kappa shape index (κ1) is 32.3. The molecule has 0 aliphatic heterocycles. The molecule has 0 heterocycles. The summed E-state index contributed by atoms with van der Waals surface area (Å²) in [5.74, 6) is 0.167. The molecule has 1 aromatic carbocycles. The van der Waals surface area contributed by atoms with E-state index < -0.39 is 17.4 Å². The molecule has 0 bridgehead atoms. The second kappa shape index (κ2) is 11.0. The Morgan fingerprint density at radius 2 is 1.64 bits per heavy atom. The molecule has 0 unspecified atom stereocenters. The quantitative estimate of drug-likeness (QED) is 0.175. The van der Waals surface area contributed by atoms with E-state index in [1.165, 1.54) is 11.6 Å². The Morgan fingerprint density at radius 1 is 0.933 bits per heavy atom. The first-order valence-corrected chi connectivity index (χ1v) is 17.4. The molecule has 6 nitrogen and oxygen atoms in total. The second-order valence-corrected chi connectivity index (χ2v) is 16.8. The highest BCUT2D eigenvalue weighted by atomic mass is 16.5. The third kappa shape index (κ3) is 4.74. The maximum atomic E-state index is 13.2. The number of carboxylic acids is 1. The number of rotatable bonds is 5. The van der Waals surface area contributed by atoms with Gasteiger partial charge in [0.15, 0.2) is 0 Å². The van der Waals surface area contributed by atoms with Crippen LogP contribution in [0.25, 0.3) is 6.08 Å². The average molecular weight is 619 g/mol. The summed E-state index contributed by atoms with van der Waals surface area (Å²) in [6, 6.07) is 6.64. The molecule has 0 aromatic heterocycles. The number of phenols is 1. The van der Waals surface area contributed by atoms with E-state index in [0.717, 1.165) is 50.5 Å². The summed E-state index contributed by atoms with van der Waals surface area (Å²) < 4.78 is 5.78. The van der Waals surface area contributed by atoms with Gasteiger partial charge in [0.1, 0.15) is 5.75 Å². The molecule has 10 atom stereocenters. The van der Waals surface area contributed by atoms with Gasteiger partial charge in [0.25, 0.3) is 0 Å². The van der Waals surface area contributed by atoms with E-state index in [1.807, 2.05) is 0 Å². The zero-order valence-electron chi connectivity index (χ0n) is 28.1. The number of hydrogen-bond acceptors (Lipinski definition) is 5. The van der Waals surface area contributed by atoms with Crippen molar-refractivity contribution >= 4 is 18.0 Å². The summed E-state index contributed by atoms with van der Waals surface area (Å²) in [5, 5.41) is 31.3. The number of aliphatic hydroxyl groups excluding tert-OH is 1. The standard InChI is InChI=1S/C39H54O6/c1-24-26(23-45-32(42)14-9-25-7-10-27(40)11-8-25)15-20-39(34(43)44)22-21-37(5)28(33(24)39)12-13-30-36(4)18-17-31(41)35(2,3)29(36)16-19-38(30,37)6/h7-12,14,24,26,29-31,33,40-41H,13,15-23H2,1-6H3,(H,43,44)/b14-9+/t24-,26+,29-,30-,31+,33+,36-,37-,38+,39-/m0/s1. The van der Waals surface area contributed by atoms with Gasteiger partial charge in [-0.3, -0.25) is 4.79 Å². The Balaban J connectivity index is 1.27. The van der Waals surface area contributed by atoms with Gasteiger partial charge in [0.05, 0.1) is 18.1 Å². The summed E-state index contributed by atoms with van der Waals surface area (Å²) in [4.78, 5) is 25.9.